The molecule has 0 bridgehead atoms. The van der Waals surface area contributed by atoms with Gasteiger partial charge in [0.25, 0.3) is 0 Å². The van der Waals surface area contributed by atoms with E-state index in [1.165, 1.54) is 37.9 Å². The number of thioether (sulfide) groups is 1. The Kier molecular flexibility index (Phi) is 11.5. The molecular weight excluding hydrogens is 418 g/mol. The Hall–Kier alpha value is -0.850. The molecule has 1 atom stereocenters. The lowest BCUT2D eigenvalue weighted by molar-refractivity contribution is -0.136. The number of piperidine rings is 1. The molecule has 1 aliphatic carbocycles. The van der Waals surface area contributed by atoms with E-state index in [1.807, 2.05) is 17.9 Å². The second-order valence-electron chi connectivity index (χ2n) is 8.24. The van der Waals surface area contributed by atoms with Gasteiger partial charge in [0.05, 0.1) is 15.6 Å². The molecule has 2 fully saturated rings. The Bertz CT molecular complexity index is 585. The molecule has 5 nitrogen and oxygen atoms in total. The Morgan fingerprint density at radius 1 is 1.23 bits per heavy atom. The molecular formula is C23H40ClN3O2S. The van der Waals surface area contributed by atoms with Gasteiger partial charge < -0.3 is 19.9 Å². The minimum Gasteiger partial charge on any atom is -0.375 e. The van der Waals surface area contributed by atoms with E-state index >= 15 is 0 Å². The summed E-state index contributed by atoms with van der Waals surface area (Å²) in [7, 11) is 1.59. The van der Waals surface area contributed by atoms with Crippen molar-refractivity contribution in [2.75, 3.05) is 26.8 Å². The second kappa shape index (κ2) is 13.5. The van der Waals surface area contributed by atoms with Gasteiger partial charge in [-0.05, 0) is 52.0 Å². The van der Waals surface area contributed by atoms with Crippen molar-refractivity contribution in [3.8, 4) is 0 Å². The van der Waals surface area contributed by atoms with Crippen LogP contribution in [0.2, 0.25) is 0 Å². The van der Waals surface area contributed by atoms with E-state index in [0.29, 0.717) is 12.1 Å². The van der Waals surface area contributed by atoms with Gasteiger partial charge >= 0.3 is 0 Å². The largest absolute Gasteiger partial charge is 0.375 e. The number of nitrogens with zero attached hydrogens (tertiary/aromatic N) is 2. The average Bonchev–Trinajstić information content (AvgIpc) is 2.75. The third-order valence-electron chi connectivity index (χ3n) is 5.99. The topological polar surface area (TPSA) is 44.8 Å². The Balaban J connectivity index is 2.14. The third-order valence-corrected chi connectivity index (χ3v) is 7.41. The summed E-state index contributed by atoms with van der Waals surface area (Å²) in [6.45, 7) is 8.14. The van der Waals surface area contributed by atoms with Crippen LogP contribution in [0.5, 0.6) is 0 Å². The first-order chi connectivity index (χ1) is 14.5. The molecule has 2 aliphatic rings. The van der Waals surface area contributed by atoms with Crippen molar-refractivity contribution >= 4 is 29.3 Å². The predicted molar refractivity (Wildman–Crippen MR) is 128 cm³/mol. The summed E-state index contributed by atoms with van der Waals surface area (Å²) in [4.78, 5) is 16.9. The minimum atomic E-state index is 0.105. The third kappa shape index (κ3) is 7.69. The van der Waals surface area contributed by atoms with Gasteiger partial charge in [0.1, 0.15) is 6.61 Å². The van der Waals surface area contributed by atoms with Crippen molar-refractivity contribution < 1.29 is 9.53 Å². The number of ether oxygens (including phenoxy) is 1. The fourth-order valence-electron chi connectivity index (χ4n) is 4.57. The lowest BCUT2D eigenvalue weighted by Gasteiger charge is -2.46. The molecule has 30 heavy (non-hydrogen) atoms. The van der Waals surface area contributed by atoms with Crippen LogP contribution in [0.1, 0.15) is 72.1 Å². The van der Waals surface area contributed by atoms with Crippen molar-refractivity contribution in [2.45, 2.75) is 89.6 Å². The highest BCUT2D eigenvalue weighted by molar-refractivity contribution is 8.05. The van der Waals surface area contributed by atoms with Crippen LogP contribution < -0.4 is 5.32 Å². The van der Waals surface area contributed by atoms with Crippen LogP contribution in [0, 0.1) is 0 Å². The highest BCUT2D eigenvalue weighted by Crippen LogP contribution is 2.32. The maximum atomic E-state index is 12.2. The zero-order valence-corrected chi connectivity index (χ0v) is 20.7. The number of allylic oxidation sites excluding steroid dienone is 2. The Morgan fingerprint density at radius 3 is 2.43 bits per heavy atom. The molecule has 1 saturated heterocycles. The molecule has 0 aromatic heterocycles. The van der Waals surface area contributed by atoms with E-state index in [-0.39, 0.29) is 17.9 Å². The molecule has 1 amide bonds. The second-order valence-corrected chi connectivity index (χ2v) is 10.3. The van der Waals surface area contributed by atoms with Crippen molar-refractivity contribution in [3.63, 3.8) is 0 Å². The van der Waals surface area contributed by atoms with Gasteiger partial charge in [-0.1, -0.05) is 55.6 Å². The molecule has 1 heterocycles. The molecule has 1 saturated carbocycles. The number of carbonyl (C=O) groups excluding carboxylic acids is 1. The maximum absolute atomic E-state index is 12.2. The number of rotatable bonds is 10. The SMILES string of the molecule is C/C=C(/Cl)SC(C)N/C(=C/CC)N(C1CCCCC1)C1CCN(C(=O)COC)CC1. The van der Waals surface area contributed by atoms with Crippen molar-refractivity contribution in [1.29, 1.82) is 0 Å². The molecule has 1 aliphatic heterocycles. The number of hydrogen-bond donors (Lipinski definition) is 1. The summed E-state index contributed by atoms with van der Waals surface area (Å²) in [5, 5.41) is 3.95. The van der Waals surface area contributed by atoms with Crippen molar-refractivity contribution in [3.05, 3.63) is 22.3 Å². The normalized spacial score (nSPS) is 20.9. The van der Waals surface area contributed by atoms with Crippen LogP contribution in [0.4, 0.5) is 0 Å². The Morgan fingerprint density at radius 2 is 1.87 bits per heavy atom. The van der Waals surface area contributed by atoms with E-state index < -0.39 is 0 Å². The predicted octanol–water partition coefficient (Wildman–Crippen LogP) is 5.28. The van der Waals surface area contributed by atoms with Crippen LogP contribution in [-0.2, 0) is 9.53 Å². The van der Waals surface area contributed by atoms with Gasteiger partial charge in [-0.15, -0.1) is 0 Å². The van der Waals surface area contributed by atoms with E-state index in [9.17, 15) is 4.79 Å². The molecule has 0 aromatic rings. The van der Waals surface area contributed by atoms with Gasteiger partial charge in [-0.2, -0.15) is 0 Å². The van der Waals surface area contributed by atoms with E-state index in [1.54, 1.807) is 18.9 Å². The summed E-state index contributed by atoms with van der Waals surface area (Å²) >= 11 is 7.93. The first kappa shape index (κ1) is 25.4. The molecule has 2 rings (SSSR count). The fourth-order valence-corrected chi connectivity index (χ4v) is 5.62. The van der Waals surface area contributed by atoms with Crippen LogP contribution in [-0.4, -0.2) is 60.0 Å². The number of hydrogen-bond acceptors (Lipinski definition) is 5. The zero-order chi connectivity index (χ0) is 21.9. The van der Waals surface area contributed by atoms with Crippen molar-refractivity contribution in [1.82, 2.24) is 15.1 Å². The standard InChI is InChI=1S/C23H40ClN3O2S/c1-5-10-22(25-18(3)30-21(24)6-2)27(19-11-8-7-9-12-19)20-13-15-26(16-14-20)23(28)17-29-4/h6,10,18-20,25H,5,7-9,11-17H2,1-4H3/b21-6-,22-10-. The van der Waals surface area contributed by atoms with Gasteiger partial charge in [0.15, 0.2) is 0 Å². The first-order valence-corrected chi connectivity index (χ1v) is 12.8. The van der Waals surface area contributed by atoms with Crippen LogP contribution in [0.25, 0.3) is 0 Å². The maximum Gasteiger partial charge on any atom is 0.248 e. The van der Waals surface area contributed by atoms with Gasteiger partial charge in [-0.3, -0.25) is 4.79 Å². The van der Waals surface area contributed by atoms with Crippen LogP contribution >= 0.6 is 23.4 Å². The fraction of sp³-hybridized carbons (Fsp3) is 0.783. The number of carbonyl (C=O) groups is 1. The van der Waals surface area contributed by atoms with E-state index in [2.05, 4.69) is 30.1 Å². The smallest absolute Gasteiger partial charge is 0.248 e. The molecule has 1 unspecified atom stereocenters. The molecule has 172 valence electrons. The first-order valence-electron chi connectivity index (χ1n) is 11.5. The molecule has 0 aromatic carbocycles. The molecule has 1 N–H and O–H groups in total. The summed E-state index contributed by atoms with van der Waals surface area (Å²) < 4.78 is 5.86. The Labute approximate surface area is 192 Å². The molecule has 0 spiro atoms. The van der Waals surface area contributed by atoms with Crippen molar-refractivity contribution in [2.24, 2.45) is 0 Å². The summed E-state index contributed by atoms with van der Waals surface area (Å²) in [6.07, 6.45) is 13.7. The summed E-state index contributed by atoms with van der Waals surface area (Å²) in [6, 6.07) is 1.03. The highest BCUT2D eigenvalue weighted by Gasteiger charge is 2.33. The van der Waals surface area contributed by atoms with Gasteiger partial charge in [0.2, 0.25) is 5.91 Å². The lowest BCUT2D eigenvalue weighted by Crippen LogP contribution is -2.53. The number of likely N-dealkylation sites (tertiary alicyclic amines) is 1. The number of halogens is 1. The van der Waals surface area contributed by atoms with Crippen LogP contribution in [0.3, 0.4) is 0 Å². The highest BCUT2D eigenvalue weighted by atomic mass is 35.5. The number of methoxy groups -OCH3 is 1. The molecule has 0 radical (unpaired) electrons. The lowest BCUT2D eigenvalue weighted by atomic mass is 9.91. The summed E-state index contributed by atoms with van der Waals surface area (Å²) in [5.41, 5.74) is 0. The quantitative estimate of drug-likeness (QED) is 0.452. The minimum absolute atomic E-state index is 0.105. The van der Waals surface area contributed by atoms with Crippen LogP contribution in [0.15, 0.2) is 22.3 Å². The van der Waals surface area contributed by atoms with E-state index in [4.69, 9.17) is 16.3 Å². The molecule has 7 heteroatoms. The van der Waals surface area contributed by atoms with Gasteiger partial charge in [0, 0.05) is 32.3 Å². The average molecular weight is 458 g/mol. The van der Waals surface area contributed by atoms with E-state index in [0.717, 1.165) is 36.7 Å². The van der Waals surface area contributed by atoms with Gasteiger partial charge in [-0.25, -0.2) is 0 Å². The zero-order valence-electron chi connectivity index (χ0n) is 19.2. The number of nitrogens with one attached hydrogen (secondary N) is 1. The number of amides is 1. The summed E-state index contributed by atoms with van der Waals surface area (Å²) in [5.74, 6) is 1.35. The monoisotopic (exact) mass is 457 g/mol.